The molecule has 1 aliphatic heterocycles. The number of aliphatic imine (C=N–C) groups is 1. The number of pyridine rings is 1. The predicted octanol–water partition coefficient (Wildman–Crippen LogP) is 4.68. The zero-order valence-electron chi connectivity index (χ0n) is 17.1. The number of halogens is 2. The molecule has 0 spiro atoms. The minimum atomic E-state index is -0.126. The number of hydrogen-bond acceptors (Lipinski definition) is 5. The van der Waals surface area contributed by atoms with Crippen LogP contribution in [0.4, 0.5) is 5.69 Å². The molecule has 1 saturated heterocycles. The van der Waals surface area contributed by atoms with Gasteiger partial charge in [-0.15, -0.1) is 0 Å². The molecule has 0 saturated carbocycles. The van der Waals surface area contributed by atoms with E-state index in [0.717, 1.165) is 17.0 Å². The fourth-order valence-corrected chi connectivity index (χ4v) is 3.98. The molecule has 3 rings (SSSR count). The van der Waals surface area contributed by atoms with Gasteiger partial charge in [-0.05, 0) is 50.1 Å². The average Bonchev–Trinajstić information content (AvgIpc) is 2.73. The summed E-state index contributed by atoms with van der Waals surface area (Å²) >= 11 is 13.0. The van der Waals surface area contributed by atoms with Gasteiger partial charge >= 0.3 is 0 Å². The number of aryl methyl sites for hydroxylation is 2. The van der Waals surface area contributed by atoms with Gasteiger partial charge in [0.25, 0.3) is 5.91 Å². The Hall–Kier alpha value is -2.46. The molecular formula is C22H22Cl2N4O2. The van der Waals surface area contributed by atoms with Crippen molar-refractivity contribution in [3.05, 3.63) is 56.3 Å². The second-order valence-electron chi connectivity index (χ2n) is 7.19. The topological polar surface area (TPSA) is 78.6 Å². The van der Waals surface area contributed by atoms with Crippen LogP contribution in [-0.4, -0.2) is 47.8 Å². The van der Waals surface area contributed by atoms with Crippen LogP contribution in [0.5, 0.6) is 0 Å². The number of morpholine rings is 1. The lowest BCUT2D eigenvalue weighted by atomic mass is 10.0. The van der Waals surface area contributed by atoms with Gasteiger partial charge in [0.2, 0.25) is 0 Å². The Balaban J connectivity index is 1.90. The first-order valence-corrected chi connectivity index (χ1v) is 10.3. The van der Waals surface area contributed by atoms with Crippen molar-refractivity contribution in [3.63, 3.8) is 0 Å². The summed E-state index contributed by atoms with van der Waals surface area (Å²) in [5, 5.41) is 9.90. The van der Waals surface area contributed by atoms with E-state index < -0.39 is 0 Å². The largest absolute Gasteiger partial charge is 0.378 e. The zero-order chi connectivity index (χ0) is 21.8. The summed E-state index contributed by atoms with van der Waals surface area (Å²) in [6.45, 7) is 7.71. The van der Waals surface area contributed by atoms with E-state index in [4.69, 9.17) is 38.2 Å². The number of carbonyl (C=O) groups excluding carboxylic acids is 1. The van der Waals surface area contributed by atoms with Crippen molar-refractivity contribution in [1.29, 1.82) is 5.26 Å². The smallest absolute Gasteiger partial charge is 0.255 e. The molecule has 0 N–H and O–H groups in total. The number of nitrogens with zero attached hydrogens (tertiary/aromatic N) is 4. The van der Waals surface area contributed by atoms with Crippen LogP contribution in [0, 0.1) is 25.2 Å². The highest BCUT2D eigenvalue weighted by Crippen LogP contribution is 2.31. The van der Waals surface area contributed by atoms with Gasteiger partial charge in [-0.25, -0.2) is 4.98 Å². The number of nitriles is 1. The number of aromatic nitrogens is 1. The van der Waals surface area contributed by atoms with Gasteiger partial charge in [-0.2, -0.15) is 5.26 Å². The summed E-state index contributed by atoms with van der Waals surface area (Å²) in [5.41, 5.74) is 4.49. The molecule has 2 aromatic rings. The van der Waals surface area contributed by atoms with Crippen molar-refractivity contribution in [3.8, 4) is 6.07 Å². The van der Waals surface area contributed by atoms with Crippen LogP contribution in [0.25, 0.3) is 0 Å². The van der Waals surface area contributed by atoms with E-state index in [1.54, 1.807) is 23.1 Å². The predicted molar refractivity (Wildman–Crippen MR) is 118 cm³/mol. The van der Waals surface area contributed by atoms with Gasteiger partial charge < -0.3 is 9.64 Å². The lowest BCUT2D eigenvalue weighted by Gasteiger charge is -2.27. The Labute approximate surface area is 186 Å². The van der Waals surface area contributed by atoms with E-state index in [9.17, 15) is 4.79 Å². The Kier molecular flexibility index (Phi) is 7.09. The lowest BCUT2D eigenvalue weighted by molar-refractivity contribution is 0.0303. The summed E-state index contributed by atoms with van der Waals surface area (Å²) in [6.07, 6.45) is 0.390. The Morgan fingerprint density at radius 2 is 2.00 bits per heavy atom. The molecule has 1 fully saturated rings. The molecule has 0 aliphatic carbocycles. The number of ether oxygens (including phenoxy) is 1. The van der Waals surface area contributed by atoms with Crippen molar-refractivity contribution in [2.75, 3.05) is 26.3 Å². The summed E-state index contributed by atoms with van der Waals surface area (Å²) < 4.78 is 5.32. The third-order valence-electron chi connectivity index (χ3n) is 4.92. The molecule has 8 heteroatoms. The van der Waals surface area contributed by atoms with Crippen LogP contribution in [0.3, 0.4) is 0 Å². The quantitative estimate of drug-likeness (QED) is 0.640. The minimum Gasteiger partial charge on any atom is -0.378 e. The maximum absolute atomic E-state index is 12.9. The van der Waals surface area contributed by atoms with Crippen LogP contribution < -0.4 is 0 Å². The van der Waals surface area contributed by atoms with E-state index in [0.29, 0.717) is 65.3 Å². The van der Waals surface area contributed by atoms with Crippen molar-refractivity contribution >= 4 is 40.5 Å². The third-order valence-corrected chi connectivity index (χ3v) is 5.71. The lowest BCUT2D eigenvalue weighted by Crippen LogP contribution is -2.40. The van der Waals surface area contributed by atoms with Gasteiger partial charge in [-0.3, -0.25) is 9.79 Å². The van der Waals surface area contributed by atoms with Gasteiger partial charge in [0.15, 0.2) is 0 Å². The van der Waals surface area contributed by atoms with Crippen LogP contribution in [0.15, 0.2) is 23.2 Å². The van der Waals surface area contributed by atoms with Gasteiger partial charge in [0, 0.05) is 30.2 Å². The maximum atomic E-state index is 12.9. The van der Waals surface area contributed by atoms with Gasteiger partial charge in [0.05, 0.1) is 35.2 Å². The van der Waals surface area contributed by atoms with Crippen LogP contribution in [0.1, 0.15) is 39.8 Å². The molecule has 0 bridgehead atoms. The molecule has 156 valence electrons. The molecule has 2 heterocycles. The Morgan fingerprint density at radius 1 is 1.30 bits per heavy atom. The number of hydrogen-bond donors (Lipinski definition) is 0. The first-order valence-electron chi connectivity index (χ1n) is 9.58. The Bertz CT molecular complexity index is 1030. The molecule has 0 unspecified atom stereocenters. The van der Waals surface area contributed by atoms with Crippen molar-refractivity contribution in [1.82, 2.24) is 9.88 Å². The standard InChI is InChI=1S/C22H22Cl2N4O2/c1-13-10-16(12-25)27-15(3)21(13)26-14(2)11-18-19(23)5-4-17(20(18)24)22(29)28-6-8-30-9-7-28/h4-5,10H,6-9,11H2,1-3H3. The summed E-state index contributed by atoms with van der Waals surface area (Å²) in [5.74, 6) is -0.126. The molecule has 6 nitrogen and oxygen atoms in total. The molecular weight excluding hydrogens is 423 g/mol. The highest BCUT2D eigenvalue weighted by atomic mass is 35.5. The Morgan fingerprint density at radius 3 is 2.63 bits per heavy atom. The zero-order valence-corrected chi connectivity index (χ0v) is 18.6. The maximum Gasteiger partial charge on any atom is 0.255 e. The number of amides is 1. The van der Waals surface area contributed by atoms with Crippen LogP contribution in [0.2, 0.25) is 10.0 Å². The second kappa shape index (κ2) is 9.57. The van der Waals surface area contributed by atoms with Crippen molar-refractivity contribution in [2.45, 2.75) is 27.2 Å². The molecule has 30 heavy (non-hydrogen) atoms. The molecule has 1 aromatic carbocycles. The van der Waals surface area contributed by atoms with Crippen LogP contribution >= 0.6 is 23.2 Å². The summed E-state index contributed by atoms with van der Waals surface area (Å²) in [6, 6.07) is 7.12. The fourth-order valence-electron chi connectivity index (χ4n) is 3.40. The first kappa shape index (κ1) is 22.2. The van der Waals surface area contributed by atoms with Crippen LogP contribution in [-0.2, 0) is 11.2 Å². The molecule has 0 radical (unpaired) electrons. The van der Waals surface area contributed by atoms with E-state index in [-0.39, 0.29) is 5.91 Å². The van der Waals surface area contributed by atoms with E-state index in [1.807, 2.05) is 26.8 Å². The monoisotopic (exact) mass is 444 g/mol. The number of carbonyl (C=O) groups is 1. The first-order chi connectivity index (χ1) is 14.3. The second-order valence-corrected chi connectivity index (χ2v) is 7.97. The van der Waals surface area contributed by atoms with E-state index >= 15 is 0 Å². The summed E-state index contributed by atoms with van der Waals surface area (Å²) in [4.78, 5) is 23.6. The highest BCUT2D eigenvalue weighted by molar-refractivity contribution is 6.38. The fraction of sp³-hybridized carbons (Fsp3) is 0.364. The summed E-state index contributed by atoms with van der Waals surface area (Å²) in [7, 11) is 0. The van der Waals surface area contributed by atoms with E-state index in [2.05, 4.69) is 4.98 Å². The minimum absolute atomic E-state index is 0.126. The molecule has 1 amide bonds. The van der Waals surface area contributed by atoms with Crippen molar-refractivity contribution in [2.24, 2.45) is 4.99 Å². The highest BCUT2D eigenvalue weighted by Gasteiger charge is 2.23. The number of rotatable bonds is 4. The molecule has 0 atom stereocenters. The van der Waals surface area contributed by atoms with Gasteiger partial charge in [0.1, 0.15) is 11.8 Å². The SMILES string of the molecule is CC(Cc1c(Cl)ccc(C(=O)N2CCOCC2)c1Cl)=Nc1c(C)cc(C#N)nc1C. The molecule has 1 aliphatic rings. The van der Waals surface area contributed by atoms with Gasteiger partial charge in [-0.1, -0.05) is 23.2 Å². The third kappa shape index (κ3) is 4.81. The normalized spacial score (nSPS) is 14.5. The number of benzene rings is 1. The van der Waals surface area contributed by atoms with E-state index in [1.165, 1.54) is 0 Å². The van der Waals surface area contributed by atoms with Crippen molar-refractivity contribution < 1.29 is 9.53 Å². The average molecular weight is 445 g/mol. The molecule has 1 aromatic heterocycles.